The summed E-state index contributed by atoms with van der Waals surface area (Å²) in [7, 11) is 0. The maximum absolute atomic E-state index is 12.0. The van der Waals surface area contributed by atoms with Crippen molar-refractivity contribution in [2.24, 2.45) is 11.8 Å². The number of nitrogens with zero attached hydrogens (tertiary/aromatic N) is 4. The summed E-state index contributed by atoms with van der Waals surface area (Å²) in [5, 5.41) is 17.8. The standard InChI is InChI=1S/C16H26N4O2/c1-14(2)13-22-16(21)20-8-4-7-19(9-10-20)12-15(11-18)5-3-6-17/h14-15H,3-5,7-10,12-13H2,1-2H3/t15-/m0/s1. The molecule has 122 valence electrons. The Kier molecular flexibility index (Phi) is 8.32. The Hall–Kier alpha value is -1.79. The molecule has 0 radical (unpaired) electrons. The molecule has 1 fully saturated rings. The number of rotatable bonds is 6. The van der Waals surface area contributed by atoms with Crippen molar-refractivity contribution in [2.75, 3.05) is 39.3 Å². The fourth-order valence-corrected chi connectivity index (χ4v) is 2.41. The van der Waals surface area contributed by atoms with E-state index >= 15 is 0 Å². The highest BCUT2D eigenvalue weighted by molar-refractivity contribution is 5.67. The first-order chi connectivity index (χ1) is 10.6. The van der Waals surface area contributed by atoms with Crippen LogP contribution < -0.4 is 0 Å². The van der Waals surface area contributed by atoms with Gasteiger partial charge in [0.2, 0.25) is 0 Å². The molecule has 1 amide bonds. The van der Waals surface area contributed by atoms with Gasteiger partial charge in [-0.15, -0.1) is 0 Å². The lowest BCUT2D eigenvalue weighted by atomic mass is 10.0. The Morgan fingerprint density at radius 3 is 2.64 bits per heavy atom. The Morgan fingerprint density at radius 2 is 2.00 bits per heavy atom. The van der Waals surface area contributed by atoms with E-state index in [2.05, 4.69) is 17.0 Å². The molecule has 0 aliphatic carbocycles. The molecule has 1 aliphatic rings. The maximum atomic E-state index is 12.0. The van der Waals surface area contributed by atoms with Crippen molar-refractivity contribution in [1.82, 2.24) is 9.80 Å². The van der Waals surface area contributed by atoms with Gasteiger partial charge in [-0.1, -0.05) is 13.8 Å². The van der Waals surface area contributed by atoms with Gasteiger partial charge >= 0.3 is 6.09 Å². The normalized spacial score (nSPS) is 17.4. The fraction of sp³-hybridized carbons (Fsp3) is 0.812. The van der Waals surface area contributed by atoms with Gasteiger partial charge in [0.1, 0.15) is 0 Å². The van der Waals surface area contributed by atoms with E-state index in [1.807, 2.05) is 13.8 Å². The molecule has 1 heterocycles. The topological polar surface area (TPSA) is 80.4 Å². The van der Waals surface area contributed by atoms with Crippen molar-refractivity contribution in [2.45, 2.75) is 33.1 Å². The van der Waals surface area contributed by atoms with Crippen LogP contribution in [-0.2, 0) is 4.74 Å². The summed E-state index contributed by atoms with van der Waals surface area (Å²) in [6.45, 7) is 8.11. The predicted molar refractivity (Wildman–Crippen MR) is 82.8 cm³/mol. The SMILES string of the molecule is CC(C)COC(=O)N1CCCN(C[C@H](C#N)CCC#N)CC1. The van der Waals surface area contributed by atoms with E-state index in [0.29, 0.717) is 45.0 Å². The highest BCUT2D eigenvalue weighted by Crippen LogP contribution is 2.11. The zero-order valence-electron chi connectivity index (χ0n) is 13.6. The van der Waals surface area contributed by atoms with Crippen molar-refractivity contribution in [3.8, 4) is 12.1 Å². The summed E-state index contributed by atoms with van der Waals surface area (Å²) in [4.78, 5) is 15.9. The van der Waals surface area contributed by atoms with Crippen LogP contribution in [0, 0.1) is 34.5 Å². The number of ether oxygens (including phenoxy) is 1. The monoisotopic (exact) mass is 306 g/mol. The molecule has 6 heteroatoms. The van der Waals surface area contributed by atoms with E-state index in [4.69, 9.17) is 15.3 Å². The van der Waals surface area contributed by atoms with Crippen molar-refractivity contribution in [3.05, 3.63) is 0 Å². The van der Waals surface area contributed by atoms with Crippen LogP contribution in [0.4, 0.5) is 4.79 Å². The van der Waals surface area contributed by atoms with Crippen molar-refractivity contribution in [1.29, 1.82) is 10.5 Å². The number of carbonyl (C=O) groups excluding carboxylic acids is 1. The summed E-state index contributed by atoms with van der Waals surface area (Å²) in [6.07, 6.45) is 1.67. The van der Waals surface area contributed by atoms with Crippen molar-refractivity contribution < 1.29 is 9.53 Å². The average molecular weight is 306 g/mol. The van der Waals surface area contributed by atoms with E-state index in [9.17, 15) is 4.79 Å². The molecule has 1 rings (SSSR count). The van der Waals surface area contributed by atoms with E-state index in [1.165, 1.54) is 0 Å². The van der Waals surface area contributed by atoms with Crippen LogP contribution in [0.5, 0.6) is 0 Å². The fourth-order valence-electron chi connectivity index (χ4n) is 2.41. The maximum Gasteiger partial charge on any atom is 0.409 e. The summed E-state index contributed by atoms with van der Waals surface area (Å²) in [6, 6.07) is 4.36. The lowest BCUT2D eigenvalue weighted by Gasteiger charge is -2.23. The molecule has 0 aromatic heterocycles. The second-order valence-corrected chi connectivity index (χ2v) is 6.13. The van der Waals surface area contributed by atoms with Gasteiger partial charge in [-0.2, -0.15) is 10.5 Å². The second-order valence-electron chi connectivity index (χ2n) is 6.13. The zero-order valence-corrected chi connectivity index (χ0v) is 13.6. The van der Waals surface area contributed by atoms with Gasteiger partial charge in [-0.05, 0) is 25.3 Å². The third kappa shape index (κ3) is 6.78. The Morgan fingerprint density at radius 1 is 1.23 bits per heavy atom. The summed E-state index contributed by atoms with van der Waals surface area (Å²) >= 11 is 0. The number of carbonyl (C=O) groups is 1. The number of amides is 1. The Bertz CT molecular complexity index is 425. The lowest BCUT2D eigenvalue weighted by molar-refractivity contribution is 0.0929. The summed E-state index contributed by atoms with van der Waals surface area (Å²) in [5.74, 6) is 0.225. The molecule has 0 saturated carbocycles. The first-order valence-corrected chi connectivity index (χ1v) is 7.97. The van der Waals surface area contributed by atoms with Gasteiger partial charge in [-0.25, -0.2) is 4.79 Å². The summed E-state index contributed by atoms with van der Waals surface area (Å²) < 4.78 is 5.27. The third-order valence-corrected chi connectivity index (χ3v) is 3.65. The number of hydrogen-bond acceptors (Lipinski definition) is 5. The van der Waals surface area contributed by atoms with Crippen LogP contribution in [0.15, 0.2) is 0 Å². The first kappa shape index (κ1) is 18.3. The largest absolute Gasteiger partial charge is 0.449 e. The van der Waals surface area contributed by atoms with E-state index in [1.54, 1.807) is 4.90 Å². The molecule has 0 bridgehead atoms. The van der Waals surface area contributed by atoms with Gasteiger partial charge < -0.3 is 14.5 Å². The smallest absolute Gasteiger partial charge is 0.409 e. The van der Waals surface area contributed by atoms with Crippen LogP contribution >= 0.6 is 0 Å². The molecule has 1 aliphatic heterocycles. The molecular weight excluding hydrogens is 280 g/mol. The second kappa shape index (κ2) is 10.0. The molecule has 0 aromatic carbocycles. The van der Waals surface area contributed by atoms with Gasteiger partial charge in [0.15, 0.2) is 0 Å². The Labute approximate surface area is 133 Å². The van der Waals surface area contributed by atoms with Crippen LogP contribution in [0.2, 0.25) is 0 Å². The molecule has 1 saturated heterocycles. The van der Waals surface area contributed by atoms with Gasteiger partial charge in [0.05, 0.1) is 24.7 Å². The lowest BCUT2D eigenvalue weighted by Crippen LogP contribution is -2.37. The van der Waals surface area contributed by atoms with Crippen LogP contribution in [-0.4, -0.2) is 55.2 Å². The van der Waals surface area contributed by atoms with Crippen LogP contribution in [0.3, 0.4) is 0 Å². The van der Waals surface area contributed by atoms with Gasteiger partial charge in [0, 0.05) is 32.6 Å². The van der Waals surface area contributed by atoms with E-state index in [0.717, 1.165) is 19.5 Å². The molecule has 6 nitrogen and oxygen atoms in total. The van der Waals surface area contributed by atoms with Crippen molar-refractivity contribution >= 4 is 6.09 Å². The minimum atomic E-state index is -0.239. The van der Waals surface area contributed by atoms with Gasteiger partial charge in [0.25, 0.3) is 0 Å². The van der Waals surface area contributed by atoms with Crippen LogP contribution in [0.25, 0.3) is 0 Å². The highest BCUT2D eigenvalue weighted by atomic mass is 16.6. The van der Waals surface area contributed by atoms with E-state index < -0.39 is 0 Å². The zero-order chi connectivity index (χ0) is 16.4. The van der Waals surface area contributed by atoms with E-state index in [-0.39, 0.29) is 12.0 Å². The molecule has 0 aromatic rings. The van der Waals surface area contributed by atoms with Gasteiger partial charge in [-0.3, -0.25) is 0 Å². The number of hydrogen-bond donors (Lipinski definition) is 0. The van der Waals surface area contributed by atoms with Crippen LogP contribution in [0.1, 0.15) is 33.1 Å². The third-order valence-electron chi connectivity index (χ3n) is 3.65. The number of nitriles is 2. The quantitative estimate of drug-likeness (QED) is 0.751. The van der Waals surface area contributed by atoms with Crippen molar-refractivity contribution in [3.63, 3.8) is 0 Å². The predicted octanol–water partition coefficient (Wildman–Crippen LogP) is 2.23. The minimum absolute atomic E-state index is 0.112. The summed E-state index contributed by atoms with van der Waals surface area (Å²) in [5.41, 5.74) is 0. The minimum Gasteiger partial charge on any atom is -0.449 e. The molecule has 0 N–H and O–H groups in total. The average Bonchev–Trinajstić information content (AvgIpc) is 2.74. The molecule has 1 atom stereocenters. The first-order valence-electron chi connectivity index (χ1n) is 7.97. The molecule has 0 spiro atoms. The molecular formula is C16H26N4O2. The molecule has 22 heavy (non-hydrogen) atoms. The molecule has 0 unspecified atom stereocenters. The Balaban J connectivity index is 2.40. The highest BCUT2D eigenvalue weighted by Gasteiger charge is 2.22.